The number of imidazole rings is 1. The van der Waals surface area contributed by atoms with Crippen LogP contribution < -0.4 is 5.32 Å². The predicted molar refractivity (Wildman–Crippen MR) is 144 cm³/mol. The molecule has 1 aromatic heterocycles. The summed E-state index contributed by atoms with van der Waals surface area (Å²) in [6.07, 6.45) is 15.8. The molecule has 0 bridgehead atoms. The van der Waals surface area contributed by atoms with E-state index in [9.17, 15) is 9.90 Å². The van der Waals surface area contributed by atoms with E-state index in [4.69, 9.17) is 0 Å². The van der Waals surface area contributed by atoms with Gasteiger partial charge < -0.3 is 15.4 Å². The van der Waals surface area contributed by atoms with Crippen LogP contribution in [0.3, 0.4) is 0 Å². The molecule has 33 heavy (non-hydrogen) atoms. The fourth-order valence-corrected chi connectivity index (χ4v) is 5.05. The van der Waals surface area contributed by atoms with Crippen LogP contribution in [0.4, 0.5) is 5.82 Å². The van der Waals surface area contributed by atoms with Crippen LogP contribution in [-0.4, -0.2) is 38.6 Å². The lowest BCUT2D eigenvalue weighted by atomic mass is 9.91. The van der Waals surface area contributed by atoms with Gasteiger partial charge in [0.05, 0.1) is 6.20 Å². The number of carbonyl (C=O) groups is 1. The minimum Gasteiger partial charge on any atom is -0.480 e. The summed E-state index contributed by atoms with van der Waals surface area (Å²) in [4.78, 5) is 18.6. The van der Waals surface area contributed by atoms with Gasteiger partial charge >= 0.3 is 5.97 Å². The fourth-order valence-electron chi connectivity index (χ4n) is 4.05. The molecule has 1 heterocycles. The van der Waals surface area contributed by atoms with Gasteiger partial charge in [-0.25, -0.2) is 9.78 Å². The summed E-state index contributed by atoms with van der Waals surface area (Å²) in [5.41, 5.74) is 1.41. The Bertz CT molecular complexity index is 687. The molecule has 6 heteroatoms. The second-order valence-corrected chi connectivity index (χ2v) is 11.4. The van der Waals surface area contributed by atoms with Crippen molar-refractivity contribution in [3.05, 3.63) is 23.7 Å². The number of nitrogens with one attached hydrogen (secondary N) is 2. The maximum atomic E-state index is 11.5. The predicted octanol–water partition coefficient (Wildman–Crippen LogP) is 7.70. The Labute approximate surface area is 207 Å². The molecule has 0 aliphatic carbocycles. The number of rotatable bonds is 19. The maximum Gasteiger partial charge on any atom is 0.327 e. The van der Waals surface area contributed by atoms with Crippen LogP contribution in [0, 0.1) is 24.7 Å². The van der Waals surface area contributed by atoms with Crippen LogP contribution in [0.5, 0.6) is 0 Å². The number of aromatic amines is 1. The van der Waals surface area contributed by atoms with Gasteiger partial charge in [-0.15, -0.1) is 0 Å². The number of anilines is 1. The van der Waals surface area contributed by atoms with Gasteiger partial charge in [0.2, 0.25) is 0 Å². The Morgan fingerprint density at radius 2 is 1.70 bits per heavy atom. The molecule has 1 rings (SSSR count). The van der Waals surface area contributed by atoms with E-state index in [2.05, 4.69) is 56.0 Å². The van der Waals surface area contributed by atoms with Gasteiger partial charge in [0.25, 0.3) is 0 Å². The molecule has 5 nitrogen and oxygen atoms in total. The van der Waals surface area contributed by atoms with E-state index < -0.39 is 12.0 Å². The zero-order chi connectivity index (χ0) is 24.6. The third kappa shape index (κ3) is 15.2. The zero-order valence-corrected chi connectivity index (χ0v) is 22.8. The van der Waals surface area contributed by atoms with E-state index in [0.29, 0.717) is 11.6 Å². The first-order valence-corrected chi connectivity index (χ1v) is 14.1. The largest absolute Gasteiger partial charge is 0.480 e. The number of allylic oxidation sites excluding steroid dienone is 1. The third-order valence-corrected chi connectivity index (χ3v) is 7.28. The molecular weight excluding hydrogens is 430 g/mol. The smallest absolute Gasteiger partial charge is 0.327 e. The number of carboxylic acid groups (broad SMARTS) is 1. The van der Waals surface area contributed by atoms with Crippen molar-refractivity contribution >= 4 is 23.5 Å². The van der Waals surface area contributed by atoms with E-state index in [0.717, 1.165) is 35.8 Å². The number of nitrogens with zero attached hydrogens (tertiary/aromatic N) is 1. The number of hydrogen-bond donors (Lipinski definition) is 3. The van der Waals surface area contributed by atoms with E-state index in [1.165, 1.54) is 56.9 Å². The van der Waals surface area contributed by atoms with Crippen LogP contribution in [0.25, 0.3) is 0 Å². The molecule has 190 valence electrons. The summed E-state index contributed by atoms with van der Waals surface area (Å²) < 4.78 is 0. The van der Waals surface area contributed by atoms with Crippen molar-refractivity contribution in [3.8, 4) is 0 Å². The van der Waals surface area contributed by atoms with Gasteiger partial charge in [-0.3, -0.25) is 0 Å². The van der Waals surface area contributed by atoms with Crippen LogP contribution in [-0.2, 0) is 4.79 Å². The number of aromatic nitrogens is 2. The third-order valence-electron chi connectivity index (χ3n) is 6.31. The lowest BCUT2D eigenvalue weighted by Gasteiger charge is -2.15. The van der Waals surface area contributed by atoms with E-state index >= 15 is 0 Å². The molecule has 0 spiro atoms. The van der Waals surface area contributed by atoms with Gasteiger partial charge in [-0.05, 0) is 44.4 Å². The minimum atomic E-state index is -0.839. The molecule has 0 amide bonds. The monoisotopic (exact) mass is 479 g/mol. The second-order valence-electron chi connectivity index (χ2n) is 10.4. The van der Waals surface area contributed by atoms with E-state index in [1.807, 2.05) is 6.92 Å². The highest BCUT2D eigenvalue weighted by atomic mass is 32.2. The van der Waals surface area contributed by atoms with Crippen molar-refractivity contribution < 1.29 is 9.90 Å². The second kappa shape index (κ2) is 17.1. The van der Waals surface area contributed by atoms with E-state index in [-0.39, 0.29) is 0 Å². The first kappa shape index (κ1) is 29.6. The molecule has 0 aromatic carbocycles. The molecule has 3 unspecified atom stereocenters. The van der Waals surface area contributed by atoms with Crippen LogP contribution in [0.15, 0.2) is 17.8 Å². The lowest BCUT2D eigenvalue weighted by Crippen LogP contribution is -2.31. The van der Waals surface area contributed by atoms with Gasteiger partial charge in [-0.1, -0.05) is 84.3 Å². The van der Waals surface area contributed by atoms with Gasteiger partial charge in [0.15, 0.2) is 0 Å². The normalized spacial score (nSPS) is 14.9. The quantitative estimate of drug-likeness (QED) is 0.140. The number of H-pyrrole nitrogens is 1. The fraction of sp³-hybridized carbons (Fsp3) is 0.778. The van der Waals surface area contributed by atoms with Crippen molar-refractivity contribution in [3.63, 3.8) is 0 Å². The van der Waals surface area contributed by atoms with Crippen molar-refractivity contribution in [2.24, 2.45) is 17.8 Å². The SMILES string of the molecule is C/C(=C\CSCC(Nc1cnc(C)[nH]1)C(=O)O)CCCC(C)CCCC(C)CCCC(C)C. The molecule has 0 saturated carbocycles. The summed E-state index contributed by atoms with van der Waals surface area (Å²) in [6.45, 7) is 13.5. The molecule has 3 atom stereocenters. The summed E-state index contributed by atoms with van der Waals surface area (Å²) in [5, 5.41) is 12.5. The minimum absolute atomic E-state index is 0.518. The molecule has 0 aliphatic rings. The Kier molecular flexibility index (Phi) is 15.3. The summed E-state index contributed by atoms with van der Waals surface area (Å²) in [6, 6.07) is -0.623. The molecule has 0 radical (unpaired) electrons. The average molecular weight is 480 g/mol. The van der Waals surface area contributed by atoms with Gasteiger partial charge in [0.1, 0.15) is 17.7 Å². The summed E-state index contributed by atoms with van der Waals surface area (Å²) >= 11 is 1.65. The Morgan fingerprint density at radius 1 is 1.09 bits per heavy atom. The van der Waals surface area contributed by atoms with Crippen molar-refractivity contribution in [1.82, 2.24) is 9.97 Å². The average Bonchev–Trinajstić information content (AvgIpc) is 3.14. The van der Waals surface area contributed by atoms with Crippen LogP contribution in [0.2, 0.25) is 0 Å². The van der Waals surface area contributed by atoms with Crippen LogP contribution >= 0.6 is 11.8 Å². The van der Waals surface area contributed by atoms with Crippen molar-refractivity contribution in [2.45, 2.75) is 105 Å². The van der Waals surface area contributed by atoms with Gasteiger partial charge in [0, 0.05) is 11.5 Å². The molecule has 0 fully saturated rings. The van der Waals surface area contributed by atoms with E-state index in [1.54, 1.807) is 18.0 Å². The summed E-state index contributed by atoms with van der Waals surface area (Å²) in [7, 11) is 0. The maximum absolute atomic E-state index is 11.5. The number of carboxylic acids is 1. The molecule has 0 saturated heterocycles. The van der Waals surface area contributed by atoms with Crippen LogP contribution in [0.1, 0.15) is 98.2 Å². The summed E-state index contributed by atoms with van der Waals surface area (Å²) in [5.74, 6) is 4.48. The zero-order valence-electron chi connectivity index (χ0n) is 22.0. The highest BCUT2D eigenvalue weighted by Crippen LogP contribution is 2.22. The molecule has 0 aliphatic heterocycles. The first-order chi connectivity index (χ1) is 15.7. The number of hydrogen-bond acceptors (Lipinski definition) is 4. The molecular formula is C27H49N3O2S. The molecule has 3 N–H and O–H groups in total. The first-order valence-electron chi connectivity index (χ1n) is 12.9. The highest BCUT2D eigenvalue weighted by Gasteiger charge is 2.17. The lowest BCUT2D eigenvalue weighted by molar-refractivity contribution is -0.137. The Hall–Kier alpha value is -1.43. The topological polar surface area (TPSA) is 78.0 Å². The van der Waals surface area contributed by atoms with Gasteiger partial charge in [-0.2, -0.15) is 11.8 Å². The number of thioether (sulfide) groups is 1. The number of aliphatic carboxylic acids is 1. The number of aryl methyl sites for hydroxylation is 1. The van der Waals surface area contributed by atoms with Crippen molar-refractivity contribution in [2.75, 3.05) is 16.8 Å². The Morgan fingerprint density at radius 3 is 2.24 bits per heavy atom. The Balaban J connectivity index is 2.13. The standard InChI is InChI=1S/C27H49N3O2S/c1-20(2)10-7-11-21(3)12-8-13-22(4)14-9-15-23(5)16-17-33-19-25(27(31)32)30-26-18-28-24(6)29-26/h16,18,20-22,25,30H,7-15,17,19H2,1-6H3,(H,28,29)(H,31,32)/b23-16+. The molecule has 1 aromatic rings. The van der Waals surface area contributed by atoms with Crippen molar-refractivity contribution in [1.29, 1.82) is 0 Å². The highest BCUT2D eigenvalue weighted by molar-refractivity contribution is 7.99.